The number of amides is 3. The second-order valence-electron chi connectivity index (χ2n) is 6.37. The highest BCUT2D eigenvalue weighted by Crippen LogP contribution is 2.38. The monoisotopic (exact) mass is 414 g/mol. The first kappa shape index (κ1) is 18.0. The first-order chi connectivity index (χ1) is 11.9. The summed E-state index contributed by atoms with van der Waals surface area (Å²) in [4.78, 5) is 37.9. The summed E-state index contributed by atoms with van der Waals surface area (Å²) in [5.74, 6) is -3.16. The van der Waals surface area contributed by atoms with Crippen LogP contribution in [0, 0.1) is 23.5 Å². The number of carbonyl (C=O) groups excluding carboxylic acids is 3. The summed E-state index contributed by atoms with van der Waals surface area (Å²) in [5.41, 5.74) is -0.167. The van der Waals surface area contributed by atoms with E-state index in [4.69, 9.17) is 0 Å². The molecule has 2 aliphatic rings. The van der Waals surface area contributed by atoms with Gasteiger partial charge < -0.3 is 5.32 Å². The number of fused-ring (bicyclic) bond motifs is 1. The fourth-order valence-corrected chi connectivity index (χ4v) is 4.04. The SMILES string of the molecule is O=C(CCN1C(=O)[C@H]2CCCC[C@H]2C1=O)Nc1c(F)cc(F)cc1Br. The van der Waals surface area contributed by atoms with Crippen LogP contribution in [0.15, 0.2) is 16.6 Å². The fraction of sp³-hybridized carbons (Fsp3) is 0.471. The van der Waals surface area contributed by atoms with Gasteiger partial charge in [0.1, 0.15) is 5.82 Å². The maximum atomic E-state index is 13.7. The van der Waals surface area contributed by atoms with Crippen LogP contribution >= 0.6 is 15.9 Å². The smallest absolute Gasteiger partial charge is 0.233 e. The number of halogens is 3. The molecule has 0 radical (unpaired) electrons. The number of nitrogens with zero attached hydrogens (tertiary/aromatic N) is 1. The second-order valence-corrected chi connectivity index (χ2v) is 7.22. The molecule has 5 nitrogen and oxygen atoms in total. The first-order valence-electron chi connectivity index (χ1n) is 8.18. The number of carbonyl (C=O) groups is 3. The molecule has 1 saturated carbocycles. The Morgan fingerprint density at radius 3 is 2.32 bits per heavy atom. The van der Waals surface area contributed by atoms with Gasteiger partial charge in [0.05, 0.1) is 17.5 Å². The van der Waals surface area contributed by atoms with Gasteiger partial charge in [-0.3, -0.25) is 19.3 Å². The van der Waals surface area contributed by atoms with Gasteiger partial charge in [0.2, 0.25) is 17.7 Å². The maximum absolute atomic E-state index is 13.7. The van der Waals surface area contributed by atoms with Gasteiger partial charge in [-0.1, -0.05) is 12.8 Å². The quantitative estimate of drug-likeness (QED) is 0.769. The average molecular weight is 415 g/mol. The zero-order chi connectivity index (χ0) is 18.1. The minimum absolute atomic E-state index is 0.0308. The lowest BCUT2D eigenvalue weighted by atomic mass is 9.81. The van der Waals surface area contributed by atoms with E-state index in [9.17, 15) is 23.2 Å². The van der Waals surface area contributed by atoms with Crippen molar-refractivity contribution in [3.05, 3.63) is 28.2 Å². The van der Waals surface area contributed by atoms with Crippen molar-refractivity contribution < 1.29 is 23.2 Å². The molecule has 3 rings (SSSR count). The standard InChI is InChI=1S/C17H17BrF2N2O3/c18-12-7-9(19)8-13(20)15(12)21-14(23)5-6-22-16(24)10-3-1-2-4-11(10)17(22)25/h7-8,10-11H,1-6H2,(H,21,23)/t10-,11+. The molecular weight excluding hydrogens is 398 g/mol. The molecule has 2 fully saturated rings. The third kappa shape index (κ3) is 3.58. The molecule has 1 aliphatic heterocycles. The van der Waals surface area contributed by atoms with E-state index in [1.807, 2.05) is 0 Å². The summed E-state index contributed by atoms with van der Waals surface area (Å²) in [6.45, 7) is -0.0308. The van der Waals surface area contributed by atoms with Crippen LogP contribution in [0.25, 0.3) is 0 Å². The minimum Gasteiger partial charge on any atom is -0.323 e. The lowest BCUT2D eigenvalue weighted by Gasteiger charge is -2.19. The van der Waals surface area contributed by atoms with Crippen LogP contribution in [0.4, 0.5) is 14.5 Å². The van der Waals surface area contributed by atoms with Gasteiger partial charge in [0, 0.05) is 23.5 Å². The fourth-order valence-electron chi connectivity index (χ4n) is 3.53. The zero-order valence-electron chi connectivity index (χ0n) is 13.4. The van der Waals surface area contributed by atoms with Gasteiger partial charge >= 0.3 is 0 Å². The van der Waals surface area contributed by atoms with Crippen molar-refractivity contribution in [1.82, 2.24) is 4.90 Å². The molecule has 8 heteroatoms. The number of likely N-dealkylation sites (tertiary alicyclic amines) is 1. The average Bonchev–Trinajstić information content (AvgIpc) is 2.81. The lowest BCUT2D eigenvalue weighted by molar-refractivity contribution is -0.140. The summed E-state index contributed by atoms with van der Waals surface area (Å²) < 4.78 is 26.9. The molecule has 2 atom stereocenters. The number of hydrogen-bond donors (Lipinski definition) is 1. The van der Waals surface area contributed by atoms with E-state index in [2.05, 4.69) is 21.2 Å². The topological polar surface area (TPSA) is 66.5 Å². The summed E-state index contributed by atoms with van der Waals surface area (Å²) >= 11 is 2.99. The molecule has 0 spiro atoms. The van der Waals surface area contributed by atoms with Crippen LogP contribution < -0.4 is 5.32 Å². The van der Waals surface area contributed by atoms with E-state index in [0.29, 0.717) is 18.9 Å². The van der Waals surface area contributed by atoms with Crippen molar-refractivity contribution in [3.63, 3.8) is 0 Å². The predicted octanol–water partition coefficient (Wildman–Crippen LogP) is 3.23. The van der Waals surface area contributed by atoms with E-state index in [1.54, 1.807) is 0 Å². The Balaban J connectivity index is 1.61. The Morgan fingerprint density at radius 1 is 1.16 bits per heavy atom. The summed E-state index contributed by atoms with van der Waals surface area (Å²) in [7, 11) is 0. The number of anilines is 1. The van der Waals surface area contributed by atoms with Crippen molar-refractivity contribution in [2.75, 3.05) is 11.9 Å². The van der Waals surface area contributed by atoms with Gasteiger partial charge in [-0.15, -0.1) is 0 Å². The van der Waals surface area contributed by atoms with Crippen LogP contribution in [0.5, 0.6) is 0 Å². The van der Waals surface area contributed by atoms with Crippen LogP contribution in [0.2, 0.25) is 0 Å². The third-order valence-corrected chi connectivity index (χ3v) is 5.39. The van der Waals surface area contributed by atoms with Gasteiger partial charge in [-0.05, 0) is 34.8 Å². The largest absolute Gasteiger partial charge is 0.323 e. The summed E-state index contributed by atoms with van der Waals surface area (Å²) in [6.07, 6.45) is 3.16. The molecule has 1 aliphatic carbocycles. The molecule has 1 N–H and O–H groups in total. The van der Waals surface area contributed by atoms with Crippen LogP contribution in [-0.4, -0.2) is 29.2 Å². The van der Waals surface area contributed by atoms with Crippen molar-refractivity contribution in [2.45, 2.75) is 32.1 Å². The maximum Gasteiger partial charge on any atom is 0.233 e. The van der Waals surface area contributed by atoms with Crippen molar-refractivity contribution in [2.24, 2.45) is 11.8 Å². The van der Waals surface area contributed by atoms with Crippen molar-refractivity contribution in [3.8, 4) is 0 Å². The first-order valence-corrected chi connectivity index (χ1v) is 8.97. The molecular formula is C17H17BrF2N2O3. The van der Waals surface area contributed by atoms with Gasteiger partial charge in [0.25, 0.3) is 0 Å². The van der Waals surface area contributed by atoms with Crippen molar-refractivity contribution in [1.29, 1.82) is 0 Å². The molecule has 134 valence electrons. The Labute approximate surface area is 151 Å². The Kier molecular flexibility index (Phi) is 5.17. The van der Waals surface area contributed by atoms with Crippen molar-refractivity contribution >= 4 is 39.3 Å². The zero-order valence-corrected chi connectivity index (χ0v) is 14.9. The van der Waals surface area contributed by atoms with Crippen LogP contribution in [0.3, 0.4) is 0 Å². The molecule has 1 aromatic carbocycles. The third-order valence-electron chi connectivity index (χ3n) is 4.77. The molecule has 1 heterocycles. The van der Waals surface area contributed by atoms with Gasteiger partial charge in [-0.25, -0.2) is 8.78 Å². The number of nitrogens with one attached hydrogen (secondary N) is 1. The number of rotatable bonds is 4. The number of hydrogen-bond acceptors (Lipinski definition) is 3. The lowest BCUT2D eigenvalue weighted by Crippen LogP contribution is -2.34. The molecule has 25 heavy (non-hydrogen) atoms. The molecule has 0 bridgehead atoms. The molecule has 1 aromatic rings. The molecule has 1 saturated heterocycles. The van der Waals surface area contributed by atoms with E-state index in [1.165, 1.54) is 0 Å². The summed E-state index contributed by atoms with van der Waals surface area (Å²) in [5, 5.41) is 2.35. The highest BCUT2D eigenvalue weighted by molar-refractivity contribution is 9.10. The Bertz CT molecular complexity index is 694. The minimum atomic E-state index is -0.903. The van der Waals surface area contributed by atoms with E-state index in [-0.39, 0.29) is 46.8 Å². The Morgan fingerprint density at radius 2 is 1.76 bits per heavy atom. The predicted molar refractivity (Wildman–Crippen MR) is 89.5 cm³/mol. The molecule has 0 aromatic heterocycles. The van der Waals surface area contributed by atoms with E-state index in [0.717, 1.165) is 23.8 Å². The number of benzene rings is 1. The Hall–Kier alpha value is -1.83. The molecule has 3 amide bonds. The van der Waals surface area contributed by atoms with E-state index < -0.39 is 17.5 Å². The molecule has 0 unspecified atom stereocenters. The van der Waals surface area contributed by atoms with E-state index >= 15 is 0 Å². The van der Waals surface area contributed by atoms with Crippen LogP contribution in [0.1, 0.15) is 32.1 Å². The van der Waals surface area contributed by atoms with Crippen LogP contribution in [-0.2, 0) is 14.4 Å². The van der Waals surface area contributed by atoms with Gasteiger partial charge in [-0.2, -0.15) is 0 Å². The van der Waals surface area contributed by atoms with Gasteiger partial charge in [0.15, 0.2) is 5.82 Å². The summed E-state index contributed by atoms with van der Waals surface area (Å²) in [6, 6.07) is 1.70. The normalized spacial score (nSPS) is 22.9. The second kappa shape index (κ2) is 7.19. The highest BCUT2D eigenvalue weighted by atomic mass is 79.9. The highest BCUT2D eigenvalue weighted by Gasteiger charge is 2.47. The number of imide groups is 1.